The third-order valence-corrected chi connectivity index (χ3v) is 6.73. The van der Waals surface area contributed by atoms with Crippen molar-refractivity contribution in [2.75, 3.05) is 73.2 Å². The average molecular weight is 694 g/mol. The van der Waals surface area contributed by atoms with Crippen LogP contribution in [0.15, 0.2) is 67.0 Å². The summed E-state index contributed by atoms with van der Waals surface area (Å²) in [5.41, 5.74) is 7.99. The van der Waals surface area contributed by atoms with Gasteiger partial charge in [-0.2, -0.15) is 0 Å². The summed E-state index contributed by atoms with van der Waals surface area (Å²) in [5, 5.41) is 10.8. The Morgan fingerprint density at radius 1 is 0.750 bits per heavy atom. The highest BCUT2D eigenvalue weighted by atomic mass is 35.5. The Kier molecular flexibility index (Phi) is 17.2. The molecule has 0 aliphatic carbocycles. The summed E-state index contributed by atoms with van der Waals surface area (Å²) in [6.45, 7) is 8.62. The monoisotopic (exact) mass is 692 g/mol. The van der Waals surface area contributed by atoms with Gasteiger partial charge in [-0.1, -0.05) is 31.7 Å². The molecule has 0 bridgehead atoms. The first-order chi connectivity index (χ1) is 18.9. The van der Waals surface area contributed by atoms with E-state index in [0.717, 1.165) is 74.5 Å². The first-order valence-corrected chi connectivity index (χ1v) is 13.0. The zero-order valence-corrected chi connectivity index (χ0v) is 26.7. The van der Waals surface area contributed by atoms with Gasteiger partial charge in [0.2, 0.25) is 5.91 Å². The zero-order valence-electron chi connectivity index (χ0n) is 23.4. The van der Waals surface area contributed by atoms with Crippen LogP contribution >= 0.6 is 49.6 Å². The number of nitrogen functional groups attached to an aromatic ring is 1. The second-order valence-electron chi connectivity index (χ2n) is 9.48. The summed E-state index contributed by atoms with van der Waals surface area (Å²) in [6.07, 6.45) is 0. The van der Waals surface area contributed by atoms with E-state index in [1.165, 1.54) is 6.92 Å². The number of para-hydroxylation sites is 2. The molecule has 2 aromatic carbocycles. The lowest BCUT2D eigenvalue weighted by atomic mass is 10.1. The van der Waals surface area contributed by atoms with E-state index in [4.69, 9.17) is 14.6 Å². The number of amides is 1. The van der Waals surface area contributed by atoms with E-state index < -0.39 is 11.3 Å². The smallest absolute Gasteiger partial charge is 0.360 e. The number of halogens is 4. The molecule has 44 heavy (non-hydrogen) atoms. The van der Waals surface area contributed by atoms with E-state index >= 15 is 0 Å². The van der Waals surface area contributed by atoms with Gasteiger partial charge in [-0.3, -0.25) is 4.79 Å². The summed E-state index contributed by atoms with van der Waals surface area (Å²) in [4.78, 5) is 39.1. The molecule has 0 unspecified atom stereocenters. The Hall–Kier alpha value is -3.19. The molecule has 244 valence electrons. The number of nitrogens with one attached hydrogen (secondary N) is 3. The minimum Gasteiger partial charge on any atom is -0.419 e. The van der Waals surface area contributed by atoms with Crippen molar-refractivity contribution in [3.63, 3.8) is 0 Å². The highest BCUT2D eigenvalue weighted by molar-refractivity contribution is 5.94. The molecule has 2 aliphatic rings. The SMILES string of the molecule is C.CC(=O)Nc1cc2cccc(N3CCNCC3)c2oc1=O.Cl.Cl.Cl.Cl.Nc1cc2cccc(N3CCNCC3)c2oc1=O. The van der Waals surface area contributed by atoms with Gasteiger partial charge < -0.3 is 40.3 Å². The van der Waals surface area contributed by atoms with Crippen molar-refractivity contribution in [1.82, 2.24) is 10.6 Å². The van der Waals surface area contributed by atoms with Gasteiger partial charge in [0.25, 0.3) is 0 Å². The standard InChI is InChI=1S/C15H17N3O3.C13H15N3O2.CH4.4ClH/c1-10(19)17-12-9-11-3-2-4-13(14(11)21-15(12)20)18-7-5-16-6-8-18;14-10-8-9-2-1-3-11(12(9)18-13(10)17)16-6-4-15-5-7-16;;;;;/h2-4,9,16H,5-8H2,1H3,(H,17,19);1-3,8,15H,4-7,14H2;1H4;4*1H. The maximum absolute atomic E-state index is 12.0. The average Bonchev–Trinajstić information content (AvgIpc) is 2.94. The second-order valence-corrected chi connectivity index (χ2v) is 9.48. The molecular formula is C29H40Cl4N6O5. The third-order valence-electron chi connectivity index (χ3n) is 6.73. The Labute approximate surface area is 280 Å². The van der Waals surface area contributed by atoms with Crippen LogP contribution in [-0.2, 0) is 4.79 Å². The number of anilines is 4. The molecule has 4 heterocycles. The van der Waals surface area contributed by atoms with E-state index in [-0.39, 0.29) is 74.3 Å². The molecule has 11 nitrogen and oxygen atoms in total. The molecule has 2 fully saturated rings. The quantitative estimate of drug-likeness (QED) is 0.230. The molecule has 0 saturated carbocycles. The third kappa shape index (κ3) is 9.40. The highest BCUT2D eigenvalue weighted by Crippen LogP contribution is 2.28. The molecule has 1 amide bonds. The molecule has 5 N–H and O–H groups in total. The molecule has 6 rings (SSSR count). The zero-order chi connectivity index (χ0) is 27.4. The second kappa shape index (κ2) is 18.6. The summed E-state index contributed by atoms with van der Waals surface area (Å²) < 4.78 is 10.8. The fourth-order valence-electron chi connectivity index (χ4n) is 4.86. The van der Waals surface area contributed by atoms with Gasteiger partial charge in [0, 0.05) is 70.1 Å². The summed E-state index contributed by atoms with van der Waals surface area (Å²) in [7, 11) is 0. The number of fused-ring (bicyclic) bond motifs is 2. The molecule has 2 aromatic heterocycles. The lowest BCUT2D eigenvalue weighted by Gasteiger charge is -2.29. The van der Waals surface area contributed by atoms with Crippen LogP contribution in [0.1, 0.15) is 14.4 Å². The number of carbonyl (C=O) groups is 1. The van der Waals surface area contributed by atoms with Crippen LogP contribution < -0.4 is 42.7 Å². The number of piperazine rings is 2. The lowest BCUT2D eigenvalue weighted by molar-refractivity contribution is -0.114. The normalized spacial score (nSPS) is 13.8. The predicted molar refractivity (Wildman–Crippen MR) is 190 cm³/mol. The molecule has 0 radical (unpaired) electrons. The van der Waals surface area contributed by atoms with Crippen LogP contribution in [-0.4, -0.2) is 58.3 Å². The summed E-state index contributed by atoms with van der Waals surface area (Å²) in [5.74, 6) is -0.292. The Bertz CT molecular complexity index is 1620. The fourth-order valence-corrected chi connectivity index (χ4v) is 4.86. The number of hydrogen-bond donors (Lipinski definition) is 4. The fraction of sp³-hybridized carbons (Fsp3) is 0.345. The van der Waals surface area contributed by atoms with Gasteiger partial charge in [0.1, 0.15) is 11.4 Å². The molecule has 2 aliphatic heterocycles. The van der Waals surface area contributed by atoms with Crippen LogP contribution in [0.5, 0.6) is 0 Å². The van der Waals surface area contributed by atoms with Gasteiger partial charge in [-0.15, -0.1) is 49.6 Å². The molecule has 0 spiro atoms. The van der Waals surface area contributed by atoms with Gasteiger partial charge in [-0.05, 0) is 24.3 Å². The summed E-state index contributed by atoms with van der Waals surface area (Å²) in [6, 6.07) is 14.9. The number of nitrogens with two attached hydrogens (primary N) is 1. The van der Waals surface area contributed by atoms with Crippen molar-refractivity contribution < 1.29 is 13.6 Å². The number of rotatable bonds is 3. The van der Waals surface area contributed by atoms with Crippen molar-refractivity contribution in [2.45, 2.75) is 14.4 Å². The summed E-state index contributed by atoms with van der Waals surface area (Å²) >= 11 is 0. The van der Waals surface area contributed by atoms with E-state index in [9.17, 15) is 14.4 Å². The van der Waals surface area contributed by atoms with Crippen LogP contribution in [0.3, 0.4) is 0 Å². The molecule has 15 heteroatoms. The van der Waals surface area contributed by atoms with Crippen molar-refractivity contribution in [3.05, 3.63) is 69.4 Å². The molecular weight excluding hydrogens is 654 g/mol. The van der Waals surface area contributed by atoms with Crippen LogP contribution in [0.4, 0.5) is 22.7 Å². The predicted octanol–water partition coefficient (Wildman–Crippen LogP) is 4.27. The molecule has 2 saturated heterocycles. The van der Waals surface area contributed by atoms with Crippen LogP contribution in [0, 0.1) is 0 Å². The van der Waals surface area contributed by atoms with E-state index in [1.54, 1.807) is 12.1 Å². The van der Waals surface area contributed by atoms with E-state index in [0.29, 0.717) is 11.2 Å². The first kappa shape index (κ1) is 40.8. The maximum atomic E-state index is 12.0. The minimum absolute atomic E-state index is 0. The first-order valence-electron chi connectivity index (χ1n) is 13.0. The largest absolute Gasteiger partial charge is 0.419 e. The number of carbonyl (C=O) groups excluding carboxylic acids is 1. The maximum Gasteiger partial charge on any atom is 0.360 e. The number of nitrogens with zero attached hydrogens (tertiary/aromatic N) is 2. The lowest BCUT2D eigenvalue weighted by Crippen LogP contribution is -2.43. The molecule has 0 atom stereocenters. The van der Waals surface area contributed by atoms with Gasteiger partial charge >= 0.3 is 11.3 Å². The highest BCUT2D eigenvalue weighted by Gasteiger charge is 2.17. The van der Waals surface area contributed by atoms with Crippen molar-refractivity contribution in [2.24, 2.45) is 0 Å². The van der Waals surface area contributed by atoms with Gasteiger partial charge in [0.05, 0.1) is 11.4 Å². The van der Waals surface area contributed by atoms with Crippen LogP contribution in [0.25, 0.3) is 21.9 Å². The molecule has 4 aromatic rings. The van der Waals surface area contributed by atoms with Crippen molar-refractivity contribution >= 4 is 100 Å². The van der Waals surface area contributed by atoms with Crippen LogP contribution in [0.2, 0.25) is 0 Å². The van der Waals surface area contributed by atoms with E-state index in [2.05, 4.69) is 25.8 Å². The van der Waals surface area contributed by atoms with E-state index in [1.807, 2.05) is 36.4 Å². The number of hydrogen-bond acceptors (Lipinski definition) is 10. The van der Waals surface area contributed by atoms with Gasteiger partial charge in [-0.25, -0.2) is 9.59 Å². The Morgan fingerprint density at radius 2 is 1.18 bits per heavy atom. The topological polar surface area (TPSA) is 146 Å². The van der Waals surface area contributed by atoms with Crippen molar-refractivity contribution in [3.8, 4) is 0 Å². The van der Waals surface area contributed by atoms with Gasteiger partial charge in [0.15, 0.2) is 11.2 Å². The Morgan fingerprint density at radius 3 is 1.64 bits per heavy atom. The minimum atomic E-state index is -0.528. The Balaban J connectivity index is 0.000000761. The number of benzene rings is 2. The van der Waals surface area contributed by atoms with Crippen molar-refractivity contribution in [1.29, 1.82) is 0 Å².